The van der Waals surface area contributed by atoms with Crippen LogP contribution < -0.4 is 10.1 Å². The van der Waals surface area contributed by atoms with Crippen molar-refractivity contribution in [2.45, 2.75) is 19.1 Å². The van der Waals surface area contributed by atoms with E-state index in [0.29, 0.717) is 35.1 Å². The summed E-state index contributed by atoms with van der Waals surface area (Å²) in [6, 6.07) is 20.5. The third-order valence-electron chi connectivity index (χ3n) is 5.49. The summed E-state index contributed by atoms with van der Waals surface area (Å²) < 4.78 is 24.9. The Morgan fingerprint density at radius 1 is 1.03 bits per heavy atom. The van der Waals surface area contributed by atoms with Crippen LogP contribution in [0.4, 0.5) is 4.39 Å². The molecule has 0 spiro atoms. The molecule has 8 nitrogen and oxygen atoms in total. The van der Waals surface area contributed by atoms with Crippen molar-refractivity contribution in [2.75, 3.05) is 6.61 Å². The van der Waals surface area contributed by atoms with E-state index in [1.807, 2.05) is 42.5 Å². The van der Waals surface area contributed by atoms with Gasteiger partial charge in [-0.3, -0.25) is 4.79 Å². The number of rotatable bonds is 10. The zero-order chi connectivity index (χ0) is 24.7. The second-order valence-corrected chi connectivity index (χ2v) is 8.23. The molecule has 0 fully saturated rings. The molecule has 0 aliphatic rings. The van der Waals surface area contributed by atoms with Crippen LogP contribution in [0.25, 0.3) is 11.0 Å². The fourth-order valence-corrected chi connectivity index (χ4v) is 3.73. The van der Waals surface area contributed by atoms with Crippen LogP contribution >= 0.6 is 0 Å². The zero-order valence-corrected chi connectivity index (χ0v) is 19.3. The number of benzene rings is 3. The predicted molar refractivity (Wildman–Crippen MR) is 132 cm³/mol. The summed E-state index contributed by atoms with van der Waals surface area (Å²) in [5.74, 6) is 1.15. The predicted octanol–water partition coefficient (Wildman–Crippen LogP) is 4.83. The summed E-state index contributed by atoms with van der Waals surface area (Å²) in [4.78, 5) is 27.6. The van der Waals surface area contributed by atoms with Crippen LogP contribution in [-0.4, -0.2) is 32.4 Å². The Morgan fingerprint density at radius 3 is 2.61 bits per heavy atom. The summed E-state index contributed by atoms with van der Waals surface area (Å²) in [5, 5.41) is 3.01. The average molecular weight is 486 g/mol. The van der Waals surface area contributed by atoms with Crippen molar-refractivity contribution in [1.82, 2.24) is 25.3 Å². The Kier molecular flexibility index (Phi) is 7.00. The molecule has 0 bridgehead atoms. The number of nitrogens with zero attached hydrogens (tertiary/aromatic N) is 2. The summed E-state index contributed by atoms with van der Waals surface area (Å²) >= 11 is 0. The first-order chi connectivity index (χ1) is 17.6. The highest BCUT2D eigenvalue weighted by atomic mass is 19.1. The number of aromatic nitrogens is 4. The fourth-order valence-electron chi connectivity index (χ4n) is 3.73. The molecule has 1 unspecified atom stereocenters. The van der Waals surface area contributed by atoms with Crippen molar-refractivity contribution >= 4 is 16.9 Å². The Labute approximate surface area is 206 Å². The summed E-state index contributed by atoms with van der Waals surface area (Å²) in [6.07, 6.45) is 3.31. The Bertz CT molecular complexity index is 1420. The minimum Gasteiger partial charge on any atom is -0.457 e. The van der Waals surface area contributed by atoms with Gasteiger partial charge in [-0.05, 0) is 42.0 Å². The maximum Gasteiger partial charge on any atom is 0.226 e. The molecule has 0 radical (unpaired) electrons. The van der Waals surface area contributed by atoms with Crippen LogP contribution in [0.15, 0.2) is 85.3 Å². The quantitative estimate of drug-likeness (QED) is 0.263. The molecule has 0 saturated carbocycles. The number of H-pyrrole nitrogens is 2. The van der Waals surface area contributed by atoms with Crippen LogP contribution in [0.1, 0.15) is 23.1 Å². The Balaban J connectivity index is 1.33. The van der Waals surface area contributed by atoms with Crippen LogP contribution in [0, 0.1) is 5.82 Å². The molecule has 9 heteroatoms. The van der Waals surface area contributed by atoms with E-state index in [0.717, 1.165) is 11.1 Å². The van der Waals surface area contributed by atoms with Crippen molar-refractivity contribution in [3.63, 3.8) is 0 Å². The highest BCUT2D eigenvalue weighted by molar-refractivity contribution is 5.79. The first-order valence-corrected chi connectivity index (χ1v) is 11.4. The number of amides is 1. The SMILES string of the molecule is O=C(Cc1cnc[nH]1)NC(COCc1ccccc1)c1nc2ccc(Oc3ccc(F)cc3)cc2[nH]1. The van der Waals surface area contributed by atoms with Gasteiger partial charge in [-0.15, -0.1) is 0 Å². The number of carbonyl (C=O) groups excluding carboxylic acids is 1. The molecule has 1 amide bonds. The molecule has 0 aliphatic heterocycles. The molecular weight excluding hydrogens is 461 g/mol. The summed E-state index contributed by atoms with van der Waals surface area (Å²) in [7, 11) is 0. The number of fused-ring (bicyclic) bond motifs is 1. The van der Waals surface area contributed by atoms with Gasteiger partial charge < -0.3 is 24.8 Å². The standard InChI is InChI=1S/C27H24FN5O3/c28-19-6-8-21(9-7-19)36-22-10-11-23-24(13-22)33-27(32-23)25(16-35-15-18-4-2-1-3-5-18)31-26(34)12-20-14-29-17-30-20/h1-11,13-14,17,25H,12,15-16H2,(H,29,30)(H,31,34)(H,32,33). The molecule has 2 aromatic heterocycles. The number of carbonyl (C=O) groups is 1. The van der Waals surface area contributed by atoms with Crippen LogP contribution in [-0.2, 0) is 22.6 Å². The molecule has 3 aromatic carbocycles. The van der Waals surface area contributed by atoms with Gasteiger partial charge in [0.15, 0.2) is 0 Å². The minimum atomic E-state index is -0.502. The lowest BCUT2D eigenvalue weighted by Gasteiger charge is -2.17. The molecule has 2 heterocycles. The molecule has 36 heavy (non-hydrogen) atoms. The van der Waals surface area contributed by atoms with E-state index in [-0.39, 0.29) is 24.8 Å². The second kappa shape index (κ2) is 10.8. The van der Waals surface area contributed by atoms with Gasteiger partial charge in [0, 0.05) is 18.0 Å². The number of nitrogens with one attached hydrogen (secondary N) is 3. The monoisotopic (exact) mass is 485 g/mol. The maximum atomic E-state index is 13.2. The van der Waals surface area contributed by atoms with Gasteiger partial charge in [-0.1, -0.05) is 30.3 Å². The molecule has 5 aromatic rings. The largest absolute Gasteiger partial charge is 0.457 e. The highest BCUT2D eigenvalue weighted by Gasteiger charge is 2.20. The van der Waals surface area contributed by atoms with Crippen molar-refractivity contribution in [3.05, 3.63) is 108 Å². The number of hydrogen-bond donors (Lipinski definition) is 3. The lowest BCUT2D eigenvalue weighted by Crippen LogP contribution is -2.33. The molecule has 182 valence electrons. The van der Waals surface area contributed by atoms with E-state index in [1.54, 1.807) is 24.4 Å². The number of halogens is 1. The van der Waals surface area contributed by atoms with Gasteiger partial charge in [-0.25, -0.2) is 14.4 Å². The summed E-state index contributed by atoms with van der Waals surface area (Å²) in [5.41, 5.74) is 3.20. The lowest BCUT2D eigenvalue weighted by molar-refractivity contribution is -0.121. The number of aromatic amines is 2. The van der Waals surface area contributed by atoms with Gasteiger partial charge in [-0.2, -0.15) is 0 Å². The first-order valence-electron chi connectivity index (χ1n) is 11.4. The summed E-state index contributed by atoms with van der Waals surface area (Å²) in [6.45, 7) is 0.631. The fraction of sp³-hybridized carbons (Fsp3) is 0.148. The Morgan fingerprint density at radius 2 is 1.83 bits per heavy atom. The molecule has 0 saturated heterocycles. The van der Waals surface area contributed by atoms with E-state index >= 15 is 0 Å². The Hall–Kier alpha value is -4.50. The topological polar surface area (TPSA) is 105 Å². The lowest BCUT2D eigenvalue weighted by atomic mass is 10.2. The van der Waals surface area contributed by atoms with Crippen molar-refractivity contribution in [1.29, 1.82) is 0 Å². The third kappa shape index (κ3) is 5.94. The van der Waals surface area contributed by atoms with Crippen LogP contribution in [0.2, 0.25) is 0 Å². The van der Waals surface area contributed by atoms with E-state index in [9.17, 15) is 9.18 Å². The maximum absolute atomic E-state index is 13.2. The smallest absolute Gasteiger partial charge is 0.226 e. The molecule has 0 aliphatic carbocycles. The third-order valence-corrected chi connectivity index (χ3v) is 5.49. The average Bonchev–Trinajstić information content (AvgIpc) is 3.55. The van der Waals surface area contributed by atoms with Crippen LogP contribution in [0.5, 0.6) is 11.5 Å². The van der Waals surface area contributed by atoms with Gasteiger partial charge in [0.25, 0.3) is 0 Å². The molecule has 1 atom stereocenters. The molecular formula is C27H24FN5O3. The second-order valence-electron chi connectivity index (χ2n) is 8.23. The first kappa shape index (κ1) is 23.3. The van der Waals surface area contributed by atoms with Crippen molar-refractivity contribution in [3.8, 4) is 11.5 Å². The highest BCUT2D eigenvalue weighted by Crippen LogP contribution is 2.26. The normalized spacial score (nSPS) is 11.9. The van der Waals surface area contributed by atoms with E-state index < -0.39 is 6.04 Å². The van der Waals surface area contributed by atoms with Gasteiger partial charge in [0.2, 0.25) is 5.91 Å². The number of imidazole rings is 2. The van der Waals surface area contributed by atoms with E-state index in [4.69, 9.17) is 9.47 Å². The van der Waals surface area contributed by atoms with Gasteiger partial charge in [0.05, 0.1) is 37.0 Å². The van der Waals surface area contributed by atoms with E-state index in [1.165, 1.54) is 18.5 Å². The molecule has 5 rings (SSSR count). The van der Waals surface area contributed by atoms with E-state index in [2.05, 4.69) is 25.3 Å². The zero-order valence-electron chi connectivity index (χ0n) is 19.3. The minimum absolute atomic E-state index is 0.158. The van der Waals surface area contributed by atoms with Crippen molar-refractivity contribution < 1.29 is 18.7 Å². The number of hydrogen-bond acceptors (Lipinski definition) is 5. The van der Waals surface area contributed by atoms with Crippen LogP contribution in [0.3, 0.4) is 0 Å². The van der Waals surface area contributed by atoms with Gasteiger partial charge >= 0.3 is 0 Å². The number of ether oxygens (including phenoxy) is 2. The molecule has 3 N–H and O–H groups in total. The van der Waals surface area contributed by atoms with Gasteiger partial charge in [0.1, 0.15) is 29.2 Å². The van der Waals surface area contributed by atoms with Crippen molar-refractivity contribution in [2.24, 2.45) is 0 Å².